The number of amides is 3. The summed E-state index contributed by atoms with van der Waals surface area (Å²) >= 11 is 0. The summed E-state index contributed by atoms with van der Waals surface area (Å²) < 4.78 is 10.5. The Labute approximate surface area is 187 Å². The highest BCUT2D eigenvalue weighted by molar-refractivity contribution is 6.04. The molecule has 1 aliphatic heterocycles. The molecule has 3 N–H and O–H groups in total. The maximum Gasteiger partial charge on any atom is 0.255 e. The topological polar surface area (TPSA) is 106 Å². The number of methoxy groups -OCH3 is 2. The average Bonchev–Trinajstić information content (AvgIpc) is 3.23. The molecule has 8 nitrogen and oxygen atoms in total. The van der Waals surface area contributed by atoms with Gasteiger partial charge in [-0.1, -0.05) is 26.0 Å². The summed E-state index contributed by atoms with van der Waals surface area (Å²) in [7, 11) is 3.06. The molecule has 0 saturated carbocycles. The summed E-state index contributed by atoms with van der Waals surface area (Å²) in [5, 5.41) is 8.48. The first-order chi connectivity index (χ1) is 15.2. The Morgan fingerprint density at radius 1 is 1.06 bits per heavy atom. The maximum atomic E-state index is 12.6. The molecule has 8 heteroatoms. The summed E-state index contributed by atoms with van der Waals surface area (Å²) in [4.78, 5) is 36.2. The molecule has 170 valence electrons. The number of anilines is 1. The van der Waals surface area contributed by atoms with Crippen molar-refractivity contribution in [3.05, 3.63) is 53.6 Å². The van der Waals surface area contributed by atoms with Crippen LogP contribution in [-0.2, 0) is 15.0 Å². The molecule has 1 unspecified atom stereocenters. The maximum absolute atomic E-state index is 12.6. The first-order valence-electron chi connectivity index (χ1n) is 10.4. The molecule has 2 aromatic rings. The number of carbonyl (C=O) groups excluding carboxylic acids is 3. The minimum Gasteiger partial charge on any atom is -0.493 e. The number of rotatable bonds is 8. The lowest BCUT2D eigenvalue weighted by atomic mass is 9.84. The fourth-order valence-electron chi connectivity index (χ4n) is 3.53. The van der Waals surface area contributed by atoms with Crippen molar-refractivity contribution in [2.75, 3.05) is 26.1 Å². The molecule has 1 aliphatic rings. The van der Waals surface area contributed by atoms with E-state index in [4.69, 9.17) is 9.47 Å². The lowest BCUT2D eigenvalue weighted by molar-refractivity contribution is -0.125. The number of hydrogen-bond acceptors (Lipinski definition) is 5. The first-order valence-corrected chi connectivity index (χ1v) is 10.4. The first kappa shape index (κ1) is 23.1. The molecule has 1 atom stereocenters. The number of carbonyl (C=O) groups is 3. The average molecular weight is 440 g/mol. The SMILES string of the molecule is COc1ccc(C(=O)Nc2ccc(C(C)(C)CNC(=O)C3CCC(=O)N3)cc2)cc1OC. The highest BCUT2D eigenvalue weighted by Gasteiger charge is 2.29. The molecular weight excluding hydrogens is 410 g/mol. The van der Waals surface area contributed by atoms with Gasteiger partial charge in [0.05, 0.1) is 14.2 Å². The van der Waals surface area contributed by atoms with E-state index in [1.807, 2.05) is 38.1 Å². The predicted octanol–water partition coefficient (Wildman–Crippen LogP) is 2.63. The normalized spacial score (nSPS) is 15.6. The van der Waals surface area contributed by atoms with Gasteiger partial charge in [0, 0.05) is 29.6 Å². The van der Waals surface area contributed by atoms with Crippen LogP contribution in [0.3, 0.4) is 0 Å². The van der Waals surface area contributed by atoms with Gasteiger partial charge in [-0.25, -0.2) is 0 Å². The van der Waals surface area contributed by atoms with Crippen LogP contribution in [0.2, 0.25) is 0 Å². The van der Waals surface area contributed by atoms with Gasteiger partial charge in [-0.2, -0.15) is 0 Å². The van der Waals surface area contributed by atoms with Crippen molar-refractivity contribution in [2.45, 2.75) is 38.1 Å². The largest absolute Gasteiger partial charge is 0.493 e. The third-order valence-electron chi connectivity index (χ3n) is 5.59. The molecule has 1 fully saturated rings. The third kappa shape index (κ3) is 5.38. The van der Waals surface area contributed by atoms with E-state index in [-0.39, 0.29) is 23.1 Å². The van der Waals surface area contributed by atoms with Crippen molar-refractivity contribution >= 4 is 23.4 Å². The molecule has 1 heterocycles. The van der Waals surface area contributed by atoms with Gasteiger partial charge < -0.3 is 25.4 Å². The number of ether oxygens (including phenoxy) is 2. The summed E-state index contributed by atoms with van der Waals surface area (Å²) in [6.45, 7) is 4.48. The van der Waals surface area contributed by atoms with Crippen LogP contribution in [0.5, 0.6) is 11.5 Å². The van der Waals surface area contributed by atoms with Crippen molar-refractivity contribution in [3.63, 3.8) is 0 Å². The van der Waals surface area contributed by atoms with Crippen molar-refractivity contribution in [1.29, 1.82) is 0 Å². The molecule has 2 aromatic carbocycles. The van der Waals surface area contributed by atoms with E-state index in [2.05, 4.69) is 16.0 Å². The lowest BCUT2D eigenvalue weighted by Crippen LogP contribution is -2.45. The number of benzene rings is 2. The second kappa shape index (κ2) is 9.72. The van der Waals surface area contributed by atoms with Gasteiger partial charge in [0.25, 0.3) is 5.91 Å². The quantitative estimate of drug-likeness (QED) is 0.586. The summed E-state index contributed by atoms with van der Waals surface area (Å²) in [6.07, 6.45) is 0.914. The molecule has 1 saturated heterocycles. The molecule has 32 heavy (non-hydrogen) atoms. The van der Waals surface area contributed by atoms with Crippen molar-refractivity contribution in [1.82, 2.24) is 10.6 Å². The van der Waals surface area contributed by atoms with E-state index in [1.54, 1.807) is 25.3 Å². The van der Waals surface area contributed by atoms with Crippen molar-refractivity contribution in [2.24, 2.45) is 0 Å². The van der Waals surface area contributed by atoms with Crippen LogP contribution >= 0.6 is 0 Å². The summed E-state index contributed by atoms with van der Waals surface area (Å²) in [6, 6.07) is 12.0. The van der Waals surface area contributed by atoms with Crippen LogP contribution < -0.4 is 25.4 Å². The molecule has 0 spiro atoms. The van der Waals surface area contributed by atoms with Crippen molar-refractivity contribution in [3.8, 4) is 11.5 Å². The second-order valence-electron chi connectivity index (χ2n) is 8.36. The van der Waals surface area contributed by atoms with Crippen LogP contribution in [0, 0.1) is 0 Å². The van der Waals surface area contributed by atoms with E-state index in [1.165, 1.54) is 7.11 Å². The van der Waals surface area contributed by atoms with E-state index in [0.29, 0.717) is 42.1 Å². The smallest absolute Gasteiger partial charge is 0.255 e. The molecular formula is C24H29N3O5. The predicted molar refractivity (Wildman–Crippen MR) is 121 cm³/mol. The van der Waals surface area contributed by atoms with E-state index >= 15 is 0 Å². The minimum atomic E-state index is -0.451. The van der Waals surface area contributed by atoms with E-state index in [0.717, 1.165) is 5.56 Å². The van der Waals surface area contributed by atoms with Gasteiger partial charge in [0.2, 0.25) is 11.8 Å². The van der Waals surface area contributed by atoms with Crippen LogP contribution in [0.25, 0.3) is 0 Å². The van der Waals surface area contributed by atoms with Crippen LogP contribution in [0.4, 0.5) is 5.69 Å². The molecule has 3 rings (SSSR count). The van der Waals surface area contributed by atoms with Crippen LogP contribution in [0.15, 0.2) is 42.5 Å². The third-order valence-corrected chi connectivity index (χ3v) is 5.59. The zero-order valence-electron chi connectivity index (χ0n) is 18.8. The zero-order chi connectivity index (χ0) is 23.3. The number of nitrogens with one attached hydrogen (secondary N) is 3. The van der Waals surface area contributed by atoms with E-state index < -0.39 is 6.04 Å². The van der Waals surface area contributed by atoms with Crippen LogP contribution in [0.1, 0.15) is 42.6 Å². The molecule has 0 aromatic heterocycles. The Balaban J connectivity index is 1.60. The van der Waals surface area contributed by atoms with E-state index in [9.17, 15) is 14.4 Å². The zero-order valence-corrected chi connectivity index (χ0v) is 18.8. The highest BCUT2D eigenvalue weighted by atomic mass is 16.5. The Hall–Kier alpha value is -3.55. The summed E-state index contributed by atoms with van der Waals surface area (Å²) in [5.74, 6) is 0.524. The highest BCUT2D eigenvalue weighted by Crippen LogP contribution is 2.28. The minimum absolute atomic E-state index is 0.0878. The van der Waals surface area contributed by atoms with Crippen LogP contribution in [-0.4, -0.2) is 44.5 Å². The van der Waals surface area contributed by atoms with Gasteiger partial charge in [-0.05, 0) is 42.3 Å². The van der Waals surface area contributed by atoms with Gasteiger partial charge in [-0.3, -0.25) is 14.4 Å². The molecule has 0 bridgehead atoms. The Morgan fingerprint density at radius 2 is 1.75 bits per heavy atom. The van der Waals surface area contributed by atoms with Gasteiger partial charge in [-0.15, -0.1) is 0 Å². The standard InChI is InChI=1S/C24H29N3O5/c1-24(2,14-25-23(30)18-10-12-21(28)27-18)16-6-8-17(9-7-16)26-22(29)15-5-11-19(31-3)20(13-15)32-4/h5-9,11,13,18H,10,12,14H2,1-4H3,(H,25,30)(H,26,29)(H,27,28). The number of hydrogen-bond donors (Lipinski definition) is 3. The van der Waals surface area contributed by atoms with Crippen molar-refractivity contribution < 1.29 is 23.9 Å². The lowest BCUT2D eigenvalue weighted by Gasteiger charge is -2.26. The Morgan fingerprint density at radius 3 is 2.34 bits per heavy atom. The van der Waals surface area contributed by atoms with Gasteiger partial charge >= 0.3 is 0 Å². The fraction of sp³-hybridized carbons (Fsp3) is 0.375. The second-order valence-corrected chi connectivity index (χ2v) is 8.36. The van der Waals surface area contributed by atoms with Gasteiger partial charge in [0.15, 0.2) is 11.5 Å². The summed E-state index contributed by atoms with van der Waals surface area (Å²) in [5.41, 5.74) is 1.79. The Kier molecular flexibility index (Phi) is 7.02. The molecule has 0 radical (unpaired) electrons. The molecule has 3 amide bonds. The monoisotopic (exact) mass is 439 g/mol. The fourth-order valence-corrected chi connectivity index (χ4v) is 3.53. The van der Waals surface area contributed by atoms with Gasteiger partial charge in [0.1, 0.15) is 6.04 Å². The molecule has 0 aliphatic carbocycles. The Bertz CT molecular complexity index is 1000.